The number of nitrogens with zero attached hydrogens (tertiary/aromatic N) is 3. The zero-order valence-corrected chi connectivity index (χ0v) is 9.22. The quantitative estimate of drug-likeness (QED) is 0.824. The number of aromatic nitrogens is 4. The molecular weight excluding hydrogens is 196 g/mol. The molecule has 2 rings (SSSR count). The molecule has 2 aromatic rings. The van der Waals surface area contributed by atoms with Gasteiger partial charge >= 0.3 is 0 Å². The Morgan fingerprint density at radius 2 is 2.21 bits per heavy atom. The molecule has 1 N–H and O–H groups in total. The van der Waals surface area contributed by atoms with Gasteiger partial charge in [-0.1, -0.05) is 13.8 Å². The number of hydrogen-bond donors (Lipinski definition) is 1. The summed E-state index contributed by atoms with van der Waals surface area (Å²) in [6, 6.07) is 0. The molecule has 0 aliphatic carbocycles. The third kappa shape index (κ3) is 1.55. The van der Waals surface area contributed by atoms with Crippen molar-refractivity contribution in [3.05, 3.63) is 16.9 Å². The van der Waals surface area contributed by atoms with Gasteiger partial charge in [-0.05, 0) is 12.8 Å². The second kappa shape index (κ2) is 3.49. The van der Waals surface area contributed by atoms with Crippen LogP contribution >= 0.6 is 11.3 Å². The monoisotopic (exact) mass is 208 g/mol. The molecule has 4 nitrogen and oxygen atoms in total. The Bertz CT molecular complexity index is 416. The molecule has 0 aliphatic rings. The average Bonchev–Trinajstić information content (AvgIpc) is 2.70. The fraction of sp³-hybridized carbons (Fsp3) is 0.444. The lowest BCUT2D eigenvalue weighted by Gasteiger charge is -1.98. The average molecular weight is 208 g/mol. The highest BCUT2D eigenvalue weighted by atomic mass is 32.1. The third-order valence-corrected chi connectivity index (χ3v) is 3.44. The van der Waals surface area contributed by atoms with E-state index in [0.29, 0.717) is 5.92 Å². The first-order valence-electron chi connectivity index (χ1n) is 4.51. The van der Waals surface area contributed by atoms with Crippen LogP contribution in [-0.2, 0) is 0 Å². The molecule has 0 aliphatic heterocycles. The van der Waals surface area contributed by atoms with Gasteiger partial charge in [0.2, 0.25) is 0 Å². The van der Waals surface area contributed by atoms with Crippen LogP contribution in [0.4, 0.5) is 0 Å². The van der Waals surface area contributed by atoms with Crippen LogP contribution in [-0.4, -0.2) is 20.2 Å². The summed E-state index contributed by atoms with van der Waals surface area (Å²) in [4.78, 5) is 9.86. The van der Waals surface area contributed by atoms with Crippen molar-refractivity contribution in [1.29, 1.82) is 0 Å². The number of aryl methyl sites for hydroxylation is 1. The number of H-pyrrole nitrogens is 1. The van der Waals surface area contributed by atoms with E-state index < -0.39 is 0 Å². The minimum absolute atomic E-state index is 0.518. The maximum Gasteiger partial charge on any atom is 0.184 e. The number of aromatic amines is 1. The summed E-state index contributed by atoms with van der Waals surface area (Å²) >= 11 is 1.68. The molecular formula is C9H12N4S. The molecule has 14 heavy (non-hydrogen) atoms. The van der Waals surface area contributed by atoms with E-state index in [0.717, 1.165) is 16.5 Å². The molecule has 0 saturated carbocycles. The molecule has 0 aromatic carbocycles. The second-order valence-corrected chi connectivity index (χ2v) is 4.49. The molecule has 0 amide bonds. The van der Waals surface area contributed by atoms with Gasteiger partial charge in [0.15, 0.2) is 10.8 Å². The summed E-state index contributed by atoms with van der Waals surface area (Å²) in [5.74, 6) is 1.27. The van der Waals surface area contributed by atoms with Crippen LogP contribution in [0.25, 0.3) is 10.8 Å². The van der Waals surface area contributed by atoms with E-state index in [1.165, 1.54) is 11.2 Å². The zero-order valence-electron chi connectivity index (χ0n) is 8.40. The number of hydrogen-bond acceptors (Lipinski definition) is 4. The highest BCUT2D eigenvalue weighted by Gasteiger charge is 2.13. The smallest absolute Gasteiger partial charge is 0.184 e. The summed E-state index contributed by atoms with van der Waals surface area (Å²) < 4.78 is 0. The van der Waals surface area contributed by atoms with Gasteiger partial charge in [0.1, 0.15) is 6.33 Å². The predicted molar refractivity (Wildman–Crippen MR) is 56.3 cm³/mol. The van der Waals surface area contributed by atoms with E-state index >= 15 is 0 Å². The van der Waals surface area contributed by atoms with Gasteiger partial charge in [0, 0.05) is 4.88 Å². The van der Waals surface area contributed by atoms with Gasteiger partial charge in [-0.2, -0.15) is 5.10 Å². The Hall–Kier alpha value is -1.23. The Balaban J connectivity index is 2.43. The van der Waals surface area contributed by atoms with Crippen molar-refractivity contribution in [2.24, 2.45) is 0 Å². The van der Waals surface area contributed by atoms with E-state index in [4.69, 9.17) is 0 Å². The van der Waals surface area contributed by atoms with Crippen LogP contribution in [0, 0.1) is 6.92 Å². The Kier molecular flexibility index (Phi) is 2.33. The first-order chi connectivity index (χ1) is 6.68. The first kappa shape index (κ1) is 9.33. The SMILES string of the molecule is Cc1nc(-c2ncn[nH]2)sc1C(C)C. The molecule has 74 valence electrons. The maximum absolute atomic E-state index is 4.46. The van der Waals surface area contributed by atoms with Crippen molar-refractivity contribution in [1.82, 2.24) is 20.2 Å². The molecule has 0 saturated heterocycles. The van der Waals surface area contributed by atoms with Crippen molar-refractivity contribution in [2.75, 3.05) is 0 Å². The topological polar surface area (TPSA) is 54.5 Å². The zero-order chi connectivity index (χ0) is 10.1. The molecule has 0 fully saturated rings. The minimum Gasteiger partial charge on any atom is -0.257 e. The molecule has 0 unspecified atom stereocenters. The Morgan fingerprint density at radius 1 is 1.43 bits per heavy atom. The summed E-state index contributed by atoms with van der Waals surface area (Å²) in [5.41, 5.74) is 1.09. The highest BCUT2D eigenvalue weighted by Crippen LogP contribution is 2.30. The lowest BCUT2D eigenvalue weighted by atomic mass is 10.1. The third-order valence-electron chi connectivity index (χ3n) is 1.97. The fourth-order valence-electron chi connectivity index (χ4n) is 1.35. The lowest BCUT2D eigenvalue weighted by molar-refractivity contribution is 0.873. The van der Waals surface area contributed by atoms with Crippen molar-refractivity contribution in [2.45, 2.75) is 26.7 Å². The maximum atomic E-state index is 4.46. The van der Waals surface area contributed by atoms with Crippen LogP contribution in [0.3, 0.4) is 0 Å². The largest absolute Gasteiger partial charge is 0.257 e. The van der Waals surface area contributed by atoms with Gasteiger partial charge in [-0.3, -0.25) is 5.10 Å². The standard InChI is InChI=1S/C9H12N4S/c1-5(2)7-6(3)12-9(14-7)8-10-4-11-13-8/h4-5H,1-3H3,(H,10,11,13). The normalized spacial score (nSPS) is 11.1. The molecule has 0 spiro atoms. The van der Waals surface area contributed by atoms with E-state index in [1.54, 1.807) is 11.3 Å². The number of rotatable bonds is 2. The molecule has 2 heterocycles. The molecule has 2 aromatic heterocycles. The van der Waals surface area contributed by atoms with Crippen molar-refractivity contribution >= 4 is 11.3 Å². The highest BCUT2D eigenvalue weighted by molar-refractivity contribution is 7.15. The van der Waals surface area contributed by atoms with E-state index in [-0.39, 0.29) is 0 Å². The Morgan fingerprint density at radius 3 is 2.71 bits per heavy atom. The second-order valence-electron chi connectivity index (χ2n) is 3.46. The van der Waals surface area contributed by atoms with Crippen molar-refractivity contribution in [3.63, 3.8) is 0 Å². The molecule has 0 radical (unpaired) electrons. The van der Waals surface area contributed by atoms with Gasteiger partial charge in [-0.25, -0.2) is 9.97 Å². The van der Waals surface area contributed by atoms with E-state index in [2.05, 4.69) is 34.0 Å². The summed E-state index contributed by atoms with van der Waals surface area (Å²) in [6.45, 7) is 6.38. The van der Waals surface area contributed by atoms with Gasteiger partial charge < -0.3 is 0 Å². The van der Waals surface area contributed by atoms with Crippen LogP contribution in [0.15, 0.2) is 6.33 Å². The predicted octanol–water partition coefficient (Wildman–Crippen LogP) is 2.36. The number of thiazole rings is 1. The van der Waals surface area contributed by atoms with Crippen LogP contribution in [0.2, 0.25) is 0 Å². The molecule has 0 bridgehead atoms. The van der Waals surface area contributed by atoms with Crippen LogP contribution in [0.1, 0.15) is 30.3 Å². The van der Waals surface area contributed by atoms with Gasteiger partial charge in [-0.15, -0.1) is 11.3 Å². The van der Waals surface area contributed by atoms with Gasteiger partial charge in [0.05, 0.1) is 5.69 Å². The first-order valence-corrected chi connectivity index (χ1v) is 5.33. The molecule has 5 heteroatoms. The van der Waals surface area contributed by atoms with Crippen molar-refractivity contribution < 1.29 is 0 Å². The van der Waals surface area contributed by atoms with E-state index in [9.17, 15) is 0 Å². The van der Waals surface area contributed by atoms with Gasteiger partial charge in [0.25, 0.3) is 0 Å². The summed E-state index contributed by atoms with van der Waals surface area (Å²) in [5, 5.41) is 7.55. The van der Waals surface area contributed by atoms with Crippen LogP contribution in [0.5, 0.6) is 0 Å². The number of nitrogens with one attached hydrogen (secondary N) is 1. The lowest BCUT2D eigenvalue weighted by Crippen LogP contribution is -1.85. The fourth-order valence-corrected chi connectivity index (χ4v) is 2.37. The van der Waals surface area contributed by atoms with Crippen molar-refractivity contribution in [3.8, 4) is 10.8 Å². The minimum atomic E-state index is 0.518. The summed E-state index contributed by atoms with van der Waals surface area (Å²) in [7, 11) is 0. The van der Waals surface area contributed by atoms with E-state index in [1.807, 2.05) is 6.92 Å². The molecule has 0 atom stereocenters. The summed E-state index contributed by atoms with van der Waals surface area (Å²) in [6.07, 6.45) is 1.50. The Labute approximate surface area is 86.4 Å². The van der Waals surface area contributed by atoms with Crippen LogP contribution < -0.4 is 0 Å².